The van der Waals surface area contributed by atoms with E-state index >= 15 is 0 Å². The first kappa shape index (κ1) is 15.1. The third-order valence-corrected chi connectivity index (χ3v) is 4.93. The molecule has 114 valence electrons. The van der Waals surface area contributed by atoms with Crippen LogP contribution in [0.4, 0.5) is 0 Å². The lowest BCUT2D eigenvalue weighted by Crippen LogP contribution is -2.40. The van der Waals surface area contributed by atoms with Gasteiger partial charge in [-0.05, 0) is 17.5 Å². The number of carbonyl (C=O) groups is 1. The standard InChI is InChI=1S/C18H19NO2S/c1-21-19-13-12-18(22,17(19)20)16(14-8-4-2-5-9-14)15-10-6-3-7-11-15/h2-11,16,22H,12-13H2,1H3. The highest BCUT2D eigenvalue weighted by molar-refractivity contribution is 7.82. The molecule has 1 aliphatic heterocycles. The van der Waals surface area contributed by atoms with Crippen LogP contribution in [0.2, 0.25) is 0 Å². The predicted octanol–water partition coefficient (Wildman–Crippen LogP) is 3.28. The summed E-state index contributed by atoms with van der Waals surface area (Å²) in [6.45, 7) is 0.564. The summed E-state index contributed by atoms with van der Waals surface area (Å²) in [5, 5.41) is 1.41. The molecular weight excluding hydrogens is 294 g/mol. The van der Waals surface area contributed by atoms with Crippen LogP contribution >= 0.6 is 12.6 Å². The van der Waals surface area contributed by atoms with Gasteiger partial charge in [0.1, 0.15) is 4.75 Å². The Morgan fingerprint density at radius 2 is 1.55 bits per heavy atom. The van der Waals surface area contributed by atoms with Crippen LogP contribution in [-0.4, -0.2) is 29.4 Å². The van der Waals surface area contributed by atoms with Crippen LogP contribution in [0.5, 0.6) is 0 Å². The highest BCUT2D eigenvalue weighted by atomic mass is 32.1. The highest BCUT2D eigenvalue weighted by Gasteiger charge is 2.51. The molecule has 1 amide bonds. The molecule has 1 atom stereocenters. The second-order valence-corrected chi connectivity index (χ2v) is 6.32. The van der Waals surface area contributed by atoms with E-state index in [0.717, 1.165) is 11.1 Å². The van der Waals surface area contributed by atoms with Gasteiger partial charge < -0.3 is 0 Å². The van der Waals surface area contributed by atoms with Crippen LogP contribution in [0.15, 0.2) is 60.7 Å². The number of hydrogen-bond donors (Lipinski definition) is 1. The fourth-order valence-corrected chi connectivity index (χ4v) is 3.68. The van der Waals surface area contributed by atoms with E-state index in [1.807, 2.05) is 36.4 Å². The van der Waals surface area contributed by atoms with Gasteiger partial charge in [-0.25, -0.2) is 5.06 Å². The molecule has 0 bridgehead atoms. The maximum absolute atomic E-state index is 12.8. The van der Waals surface area contributed by atoms with Crippen molar-refractivity contribution in [2.75, 3.05) is 13.7 Å². The fourth-order valence-electron chi connectivity index (χ4n) is 3.17. The maximum atomic E-state index is 12.8. The van der Waals surface area contributed by atoms with Gasteiger partial charge in [-0.2, -0.15) is 12.6 Å². The van der Waals surface area contributed by atoms with E-state index in [-0.39, 0.29) is 11.8 Å². The summed E-state index contributed by atoms with van der Waals surface area (Å²) in [6, 6.07) is 20.2. The minimum atomic E-state index is -0.793. The Morgan fingerprint density at radius 1 is 1.05 bits per heavy atom. The number of amides is 1. The Morgan fingerprint density at radius 3 is 1.95 bits per heavy atom. The quantitative estimate of drug-likeness (QED) is 0.878. The molecule has 1 saturated heterocycles. The van der Waals surface area contributed by atoms with Crippen LogP contribution in [0.3, 0.4) is 0 Å². The number of hydroxylamine groups is 2. The van der Waals surface area contributed by atoms with Crippen molar-refractivity contribution in [1.82, 2.24) is 5.06 Å². The van der Waals surface area contributed by atoms with Crippen LogP contribution in [0.1, 0.15) is 23.5 Å². The molecule has 1 unspecified atom stereocenters. The lowest BCUT2D eigenvalue weighted by molar-refractivity contribution is -0.168. The lowest BCUT2D eigenvalue weighted by atomic mass is 9.79. The van der Waals surface area contributed by atoms with E-state index in [0.29, 0.717) is 13.0 Å². The lowest BCUT2D eigenvalue weighted by Gasteiger charge is -2.32. The topological polar surface area (TPSA) is 29.5 Å². The zero-order valence-electron chi connectivity index (χ0n) is 12.5. The van der Waals surface area contributed by atoms with Crippen molar-refractivity contribution >= 4 is 18.5 Å². The molecule has 3 rings (SSSR count). The number of rotatable bonds is 4. The van der Waals surface area contributed by atoms with Gasteiger partial charge in [-0.3, -0.25) is 9.63 Å². The summed E-state index contributed by atoms with van der Waals surface area (Å²) in [5.74, 6) is -0.179. The van der Waals surface area contributed by atoms with Crippen molar-refractivity contribution in [3.63, 3.8) is 0 Å². The van der Waals surface area contributed by atoms with E-state index in [9.17, 15) is 4.79 Å². The zero-order valence-corrected chi connectivity index (χ0v) is 13.4. The smallest absolute Gasteiger partial charge is 0.263 e. The molecular formula is C18H19NO2S. The number of carbonyl (C=O) groups excluding carboxylic acids is 1. The van der Waals surface area contributed by atoms with Gasteiger partial charge in [0, 0.05) is 5.92 Å². The van der Waals surface area contributed by atoms with Crippen LogP contribution in [-0.2, 0) is 9.63 Å². The molecule has 0 aromatic heterocycles. The predicted molar refractivity (Wildman–Crippen MR) is 89.8 cm³/mol. The summed E-state index contributed by atoms with van der Waals surface area (Å²) < 4.78 is -0.793. The second-order valence-electron chi connectivity index (χ2n) is 5.52. The van der Waals surface area contributed by atoms with E-state index in [1.165, 1.54) is 12.2 Å². The molecule has 0 radical (unpaired) electrons. The normalized spacial score (nSPS) is 21.6. The largest absolute Gasteiger partial charge is 0.274 e. The zero-order chi connectivity index (χ0) is 15.6. The second kappa shape index (κ2) is 6.15. The minimum absolute atomic E-state index is 0.0731. The summed E-state index contributed by atoms with van der Waals surface area (Å²) >= 11 is 4.84. The first-order valence-corrected chi connectivity index (χ1v) is 7.80. The Kier molecular flexibility index (Phi) is 4.23. The Bertz CT molecular complexity index is 607. The fraction of sp³-hybridized carbons (Fsp3) is 0.278. The van der Waals surface area contributed by atoms with Gasteiger partial charge in [-0.15, -0.1) is 0 Å². The third kappa shape index (κ3) is 2.53. The van der Waals surface area contributed by atoms with E-state index in [2.05, 4.69) is 24.3 Å². The number of thiol groups is 1. The van der Waals surface area contributed by atoms with Crippen molar-refractivity contribution in [3.8, 4) is 0 Å². The van der Waals surface area contributed by atoms with Crippen LogP contribution in [0.25, 0.3) is 0 Å². The third-order valence-electron chi connectivity index (χ3n) is 4.26. The van der Waals surface area contributed by atoms with Crippen LogP contribution < -0.4 is 0 Å². The van der Waals surface area contributed by atoms with E-state index in [4.69, 9.17) is 17.5 Å². The summed E-state index contributed by atoms with van der Waals surface area (Å²) in [7, 11) is 1.53. The van der Waals surface area contributed by atoms with Crippen molar-refractivity contribution < 1.29 is 9.63 Å². The van der Waals surface area contributed by atoms with E-state index in [1.54, 1.807) is 0 Å². The Labute approximate surface area is 136 Å². The van der Waals surface area contributed by atoms with Crippen molar-refractivity contribution in [1.29, 1.82) is 0 Å². The molecule has 0 aliphatic carbocycles. The summed E-state index contributed by atoms with van der Waals surface area (Å²) in [4.78, 5) is 17.9. The van der Waals surface area contributed by atoms with Crippen molar-refractivity contribution in [2.24, 2.45) is 0 Å². The molecule has 22 heavy (non-hydrogen) atoms. The monoisotopic (exact) mass is 313 g/mol. The molecule has 1 fully saturated rings. The molecule has 4 heteroatoms. The van der Waals surface area contributed by atoms with E-state index < -0.39 is 4.75 Å². The molecule has 3 nitrogen and oxygen atoms in total. The van der Waals surface area contributed by atoms with Gasteiger partial charge >= 0.3 is 0 Å². The molecule has 0 spiro atoms. The van der Waals surface area contributed by atoms with Crippen LogP contribution in [0, 0.1) is 0 Å². The molecule has 2 aromatic carbocycles. The number of nitrogens with zero attached hydrogens (tertiary/aromatic N) is 1. The molecule has 0 saturated carbocycles. The Balaban J connectivity index is 2.09. The summed E-state index contributed by atoms with van der Waals surface area (Å²) in [5.41, 5.74) is 2.19. The van der Waals surface area contributed by atoms with Crippen molar-refractivity contribution in [3.05, 3.63) is 71.8 Å². The van der Waals surface area contributed by atoms with Gasteiger partial charge in [0.05, 0.1) is 13.7 Å². The average molecular weight is 313 g/mol. The summed E-state index contributed by atoms with van der Waals surface area (Å²) in [6.07, 6.45) is 0.650. The minimum Gasteiger partial charge on any atom is -0.274 e. The average Bonchev–Trinajstić information content (AvgIpc) is 2.85. The van der Waals surface area contributed by atoms with Gasteiger partial charge in [-0.1, -0.05) is 60.7 Å². The molecule has 2 aromatic rings. The Hall–Kier alpha value is -1.78. The SMILES string of the molecule is CON1CCC(S)(C(c2ccccc2)c2ccccc2)C1=O. The van der Waals surface area contributed by atoms with Gasteiger partial charge in [0.2, 0.25) is 0 Å². The van der Waals surface area contributed by atoms with Gasteiger partial charge in [0.15, 0.2) is 0 Å². The first-order valence-electron chi connectivity index (χ1n) is 7.35. The highest BCUT2D eigenvalue weighted by Crippen LogP contribution is 2.45. The van der Waals surface area contributed by atoms with Gasteiger partial charge in [0.25, 0.3) is 5.91 Å². The molecule has 1 aliphatic rings. The molecule has 1 heterocycles. The maximum Gasteiger partial charge on any atom is 0.263 e. The number of hydrogen-bond acceptors (Lipinski definition) is 3. The molecule has 0 N–H and O–H groups in total. The first-order chi connectivity index (χ1) is 10.7. The number of benzene rings is 2. The van der Waals surface area contributed by atoms with Crippen molar-refractivity contribution in [2.45, 2.75) is 17.1 Å².